The molecule has 3 aromatic rings. The number of carbonyl (C=O) groups is 1. The summed E-state index contributed by atoms with van der Waals surface area (Å²) in [6.07, 6.45) is 0. The number of carbonyl (C=O) groups excluding carboxylic acids is 1. The number of nitrogens with zero attached hydrogens (tertiary/aromatic N) is 1. The van der Waals surface area contributed by atoms with Crippen LogP contribution >= 0.6 is 0 Å². The first-order valence-electron chi connectivity index (χ1n) is 7.21. The van der Waals surface area contributed by atoms with Crippen molar-refractivity contribution in [2.75, 3.05) is 12.4 Å². The van der Waals surface area contributed by atoms with Gasteiger partial charge in [0.1, 0.15) is 5.75 Å². The van der Waals surface area contributed by atoms with E-state index in [9.17, 15) is 9.59 Å². The number of hydrogen-bond donors (Lipinski definition) is 1. The Morgan fingerprint density at radius 3 is 2.61 bits per heavy atom. The lowest BCUT2D eigenvalue weighted by Crippen LogP contribution is -2.12. The van der Waals surface area contributed by atoms with Gasteiger partial charge in [-0.25, -0.2) is 4.79 Å². The summed E-state index contributed by atoms with van der Waals surface area (Å²) < 4.78 is 11.8. The number of methoxy groups -OCH3 is 1. The molecule has 0 bridgehead atoms. The molecule has 0 unspecified atom stereocenters. The normalized spacial score (nSPS) is 10.7. The number of benzene rings is 2. The van der Waals surface area contributed by atoms with Gasteiger partial charge in [-0.2, -0.15) is 0 Å². The average molecular weight is 312 g/mol. The highest BCUT2D eigenvalue weighted by atomic mass is 16.5. The van der Waals surface area contributed by atoms with Gasteiger partial charge in [0.15, 0.2) is 5.58 Å². The van der Waals surface area contributed by atoms with Crippen LogP contribution in [-0.2, 0) is 6.54 Å². The van der Waals surface area contributed by atoms with E-state index in [1.165, 1.54) is 4.57 Å². The number of amides is 1. The number of oxazole rings is 1. The van der Waals surface area contributed by atoms with Gasteiger partial charge in [-0.1, -0.05) is 0 Å². The summed E-state index contributed by atoms with van der Waals surface area (Å²) in [7, 11) is 1.57. The smallest absolute Gasteiger partial charge is 0.419 e. The minimum Gasteiger partial charge on any atom is -0.497 e. The monoisotopic (exact) mass is 312 g/mol. The molecule has 6 nitrogen and oxygen atoms in total. The Morgan fingerprint density at radius 2 is 1.96 bits per heavy atom. The van der Waals surface area contributed by atoms with Crippen molar-refractivity contribution in [1.82, 2.24) is 4.57 Å². The van der Waals surface area contributed by atoms with Crippen molar-refractivity contribution in [2.24, 2.45) is 0 Å². The van der Waals surface area contributed by atoms with E-state index in [1.54, 1.807) is 49.6 Å². The number of ether oxygens (including phenoxy) is 1. The molecular formula is C17H16N2O4. The number of fused-ring (bicyclic) bond motifs is 1. The highest BCUT2D eigenvalue weighted by Gasteiger charge is 2.10. The molecule has 0 spiro atoms. The van der Waals surface area contributed by atoms with Crippen LogP contribution in [0.3, 0.4) is 0 Å². The molecule has 0 radical (unpaired) electrons. The van der Waals surface area contributed by atoms with E-state index in [0.717, 1.165) is 0 Å². The van der Waals surface area contributed by atoms with Gasteiger partial charge in [-0.05, 0) is 43.3 Å². The molecule has 1 N–H and O–H groups in total. The minimum absolute atomic E-state index is 0.246. The lowest BCUT2D eigenvalue weighted by molar-refractivity contribution is 0.102. The third-order valence-corrected chi connectivity index (χ3v) is 3.59. The Kier molecular flexibility index (Phi) is 3.89. The summed E-state index contributed by atoms with van der Waals surface area (Å²) in [5.41, 5.74) is 2.23. The van der Waals surface area contributed by atoms with E-state index >= 15 is 0 Å². The van der Waals surface area contributed by atoms with Crippen molar-refractivity contribution >= 4 is 22.7 Å². The van der Waals surface area contributed by atoms with Crippen LogP contribution in [0, 0.1) is 0 Å². The maximum absolute atomic E-state index is 12.2. The van der Waals surface area contributed by atoms with E-state index in [1.807, 2.05) is 6.92 Å². The predicted octanol–water partition coefficient (Wildman–Crippen LogP) is 2.88. The molecule has 0 atom stereocenters. The zero-order chi connectivity index (χ0) is 16.4. The van der Waals surface area contributed by atoms with Crippen LogP contribution in [0.2, 0.25) is 0 Å². The van der Waals surface area contributed by atoms with Crippen molar-refractivity contribution in [3.8, 4) is 5.75 Å². The molecular weight excluding hydrogens is 296 g/mol. The van der Waals surface area contributed by atoms with Crippen molar-refractivity contribution in [2.45, 2.75) is 13.5 Å². The van der Waals surface area contributed by atoms with Gasteiger partial charge in [0.05, 0.1) is 12.6 Å². The summed E-state index contributed by atoms with van der Waals surface area (Å²) in [5.74, 6) is 0.0380. The van der Waals surface area contributed by atoms with E-state index < -0.39 is 5.76 Å². The van der Waals surface area contributed by atoms with Gasteiger partial charge in [-0.3, -0.25) is 9.36 Å². The number of aryl methyl sites for hydroxylation is 1. The van der Waals surface area contributed by atoms with Crippen LogP contribution in [0.4, 0.5) is 5.69 Å². The van der Waals surface area contributed by atoms with Gasteiger partial charge in [0, 0.05) is 23.9 Å². The summed E-state index contributed by atoms with van der Waals surface area (Å²) in [6, 6.07) is 11.9. The van der Waals surface area contributed by atoms with Crippen molar-refractivity contribution in [3.05, 3.63) is 58.6 Å². The molecule has 1 heterocycles. The molecule has 0 aliphatic rings. The van der Waals surface area contributed by atoms with Crippen LogP contribution in [0.5, 0.6) is 5.75 Å². The quantitative estimate of drug-likeness (QED) is 0.804. The molecule has 1 amide bonds. The predicted molar refractivity (Wildman–Crippen MR) is 87.1 cm³/mol. The van der Waals surface area contributed by atoms with Crippen molar-refractivity contribution in [3.63, 3.8) is 0 Å². The van der Waals surface area contributed by atoms with E-state index in [4.69, 9.17) is 9.15 Å². The zero-order valence-electron chi connectivity index (χ0n) is 12.8. The Balaban J connectivity index is 1.85. The lowest BCUT2D eigenvalue weighted by atomic mass is 10.2. The SMILES string of the molecule is CCn1c(=O)oc2cc(NC(=O)c3ccc(OC)cc3)ccc21. The van der Waals surface area contributed by atoms with Crippen LogP contribution < -0.4 is 15.8 Å². The largest absolute Gasteiger partial charge is 0.497 e. The highest BCUT2D eigenvalue weighted by Crippen LogP contribution is 2.19. The van der Waals surface area contributed by atoms with Crippen LogP contribution in [0.15, 0.2) is 51.7 Å². The lowest BCUT2D eigenvalue weighted by Gasteiger charge is -2.06. The molecule has 118 valence electrons. The van der Waals surface area contributed by atoms with Crippen LogP contribution in [-0.4, -0.2) is 17.6 Å². The van der Waals surface area contributed by atoms with Gasteiger partial charge in [0.25, 0.3) is 5.91 Å². The summed E-state index contributed by atoms with van der Waals surface area (Å²) >= 11 is 0. The molecule has 0 fully saturated rings. The van der Waals surface area contributed by atoms with Gasteiger partial charge in [0.2, 0.25) is 0 Å². The van der Waals surface area contributed by atoms with E-state index in [2.05, 4.69) is 5.32 Å². The number of aromatic nitrogens is 1. The molecule has 3 rings (SSSR count). The Hall–Kier alpha value is -3.02. The number of nitrogens with one attached hydrogen (secondary N) is 1. The number of rotatable bonds is 4. The van der Waals surface area contributed by atoms with Crippen molar-refractivity contribution in [1.29, 1.82) is 0 Å². The summed E-state index contributed by atoms with van der Waals surface area (Å²) in [5, 5.41) is 2.78. The standard InChI is InChI=1S/C17H16N2O4/c1-3-19-14-9-6-12(10-15(14)23-17(19)21)18-16(20)11-4-7-13(22-2)8-5-11/h4-10H,3H2,1-2H3,(H,18,20). The van der Waals surface area contributed by atoms with Crippen LogP contribution in [0.25, 0.3) is 11.1 Å². The second-order valence-electron chi connectivity index (χ2n) is 4.98. The molecule has 0 aliphatic heterocycles. The van der Waals surface area contributed by atoms with Gasteiger partial charge >= 0.3 is 5.76 Å². The number of hydrogen-bond acceptors (Lipinski definition) is 4. The van der Waals surface area contributed by atoms with Crippen LogP contribution in [0.1, 0.15) is 17.3 Å². The second-order valence-corrected chi connectivity index (χ2v) is 4.98. The molecule has 0 saturated carbocycles. The average Bonchev–Trinajstić information content (AvgIpc) is 2.89. The first-order chi connectivity index (χ1) is 11.1. The summed E-state index contributed by atoms with van der Waals surface area (Å²) in [6.45, 7) is 2.40. The van der Waals surface area contributed by atoms with Gasteiger partial charge in [-0.15, -0.1) is 0 Å². The molecule has 23 heavy (non-hydrogen) atoms. The maximum Gasteiger partial charge on any atom is 0.419 e. The fraction of sp³-hybridized carbons (Fsp3) is 0.176. The third-order valence-electron chi connectivity index (χ3n) is 3.59. The molecule has 0 aliphatic carbocycles. The maximum atomic E-state index is 12.2. The fourth-order valence-electron chi connectivity index (χ4n) is 2.39. The molecule has 2 aromatic carbocycles. The topological polar surface area (TPSA) is 73.5 Å². The number of anilines is 1. The first-order valence-corrected chi connectivity index (χ1v) is 7.21. The molecule has 0 saturated heterocycles. The van der Waals surface area contributed by atoms with Crippen molar-refractivity contribution < 1.29 is 13.9 Å². The fourth-order valence-corrected chi connectivity index (χ4v) is 2.39. The Labute approximate surface area is 132 Å². The first kappa shape index (κ1) is 14.9. The van der Waals surface area contributed by atoms with Gasteiger partial charge < -0.3 is 14.5 Å². The second kappa shape index (κ2) is 6.00. The Morgan fingerprint density at radius 1 is 1.22 bits per heavy atom. The molecule has 6 heteroatoms. The zero-order valence-corrected chi connectivity index (χ0v) is 12.8. The van der Waals surface area contributed by atoms with E-state index in [-0.39, 0.29) is 5.91 Å². The third kappa shape index (κ3) is 2.83. The minimum atomic E-state index is -0.402. The highest BCUT2D eigenvalue weighted by molar-refractivity contribution is 6.04. The van der Waals surface area contributed by atoms with E-state index in [0.29, 0.717) is 34.6 Å². The molecule has 1 aromatic heterocycles. The summed E-state index contributed by atoms with van der Waals surface area (Å²) in [4.78, 5) is 23.9. The Bertz CT molecular complexity index is 906.